The molecule has 0 unspecified atom stereocenters. The van der Waals surface area contributed by atoms with Crippen LogP contribution < -0.4 is 0 Å². The summed E-state index contributed by atoms with van der Waals surface area (Å²) in [5.74, 6) is -0.295. The standard InChI is InChI=1S/C14H9Cl7Si/c15-8-1-3-13(17)10(5-8)12(7-22(19,20)21)11-6-9(16)2-4-14(11)18/h1-6,12H,7H2. The van der Waals surface area contributed by atoms with Gasteiger partial charge in [-0.3, -0.25) is 0 Å². The van der Waals surface area contributed by atoms with Crippen LogP contribution >= 0.6 is 79.6 Å². The van der Waals surface area contributed by atoms with E-state index in [-0.39, 0.29) is 5.92 Å². The van der Waals surface area contributed by atoms with Crippen molar-refractivity contribution in [2.75, 3.05) is 0 Å². The predicted molar refractivity (Wildman–Crippen MR) is 103 cm³/mol. The van der Waals surface area contributed by atoms with Gasteiger partial charge in [-0.15, -0.1) is 33.2 Å². The van der Waals surface area contributed by atoms with E-state index < -0.39 is 6.00 Å². The minimum atomic E-state index is -2.95. The second-order valence-corrected chi connectivity index (χ2v) is 15.6. The van der Waals surface area contributed by atoms with Crippen molar-refractivity contribution in [3.05, 3.63) is 67.6 Å². The van der Waals surface area contributed by atoms with Gasteiger partial charge in [0, 0.05) is 26.0 Å². The molecule has 2 aromatic rings. The largest absolute Gasteiger partial charge is 0.342 e. The summed E-state index contributed by atoms with van der Waals surface area (Å²) in [5.41, 5.74) is 1.52. The van der Waals surface area contributed by atoms with Crippen molar-refractivity contribution in [3.63, 3.8) is 0 Å². The van der Waals surface area contributed by atoms with Gasteiger partial charge in [0.2, 0.25) is 0 Å². The first kappa shape index (κ1) is 19.0. The smallest absolute Gasteiger partial charge is 0.126 e. The molecule has 0 aliphatic carbocycles. The second kappa shape index (κ2) is 7.71. The Bertz CT molecular complexity index is 630. The van der Waals surface area contributed by atoms with E-state index in [2.05, 4.69) is 0 Å². The lowest BCUT2D eigenvalue weighted by Gasteiger charge is -2.23. The lowest BCUT2D eigenvalue weighted by atomic mass is 9.93. The number of benzene rings is 2. The van der Waals surface area contributed by atoms with Crippen LogP contribution in [-0.2, 0) is 0 Å². The molecule has 0 saturated heterocycles. The molecule has 8 heteroatoms. The van der Waals surface area contributed by atoms with Gasteiger partial charge in [0.25, 0.3) is 0 Å². The van der Waals surface area contributed by atoms with Gasteiger partial charge >= 0.3 is 6.00 Å². The van der Waals surface area contributed by atoms with E-state index in [1.807, 2.05) is 0 Å². The van der Waals surface area contributed by atoms with Crippen LogP contribution in [0.5, 0.6) is 0 Å². The van der Waals surface area contributed by atoms with Crippen LogP contribution in [-0.4, -0.2) is 6.00 Å². The molecule has 0 amide bonds. The maximum Gasteiger partial charge on any atom is 0.342 e. The Kier molecular flexibility index (Phi) is 6.67. The Hall–Kier alpha value is 0.687. The molecule has 22 heavy (non-hydrogen) atoms. The first-order valence-corrected chi connectivity index (χ1v) is 12.9. The third-order valence-corrected chi connectivity index (χ3v) is 6.52. The van der Waals surface area contributed by atoms with E-state index in [0.717, 1.165) is 11.1 Å². The van der Waals surface area contributed by atoms with Crippen molar-refractivity contribution in [2.24, 2.45) is 0 Å². The van der Waals surface area contributed by atoms with Crippen LogP contribution in [0.3, 0.4) is 0 Å². The summed E-state index contributed by atoms with van der Waals surface area (Å²) in [6, 6.07) is 7.72. The van der Waals surface area contributed by atoms with Crippen molar-refractivity contribution in [1.29, 1.82) is 0 Å². The third-order valence-electron chi connectivity index (χ3n) is 3.10. The Morgan fingerprint density at radius 2 is 1.14 bits per heavy atom. The summed E-state index contributed by atoms with van der Waals surface area (Å²) >= 11 is 43.2. The fourth-order valence-corrected chi connectivity index (χ4v) is 5.33. The topological polar surface area (TPSA) is 0 Å². The molecule has 2 rings (SSSR count). The van der Waals surface area contributed by atoms with Crippen molar-refractivity contribution < 1.29 is 0 Å². The monoisotopic (exact) mass is 450 g/mol. The number of rotatable bonds is 4. The van der Waals surface area contributed by atoms with Crippen molar-refractivity contribution in [2.45, 2.75) is 12.0 Å². The second-order valence-electron chi connectivity index (χ2n) is 4.70. The minimum Gasteiger partial charge on any atom is -0.126 e. The third kappa shape index (κ3) is 5.09. The van der Waals surface area contributed by atoms with Gasteiger partial charge in [-0.2, -0.15) is 0 Å². The van der Waals surface area contributed by atoms with Crippen LogP contribution in [0.4, 0.5) is 0 Å². The highest BCUT2D eigenvalue weighted by Crippen LogP contribution is 2.44. The predicted octanol–water partition coefficient (Wildman–Crippen LogP) is 8.09. The molecule has 0 nitrogen and oxygen atoms in total. The number of hydrogen-bond donors (Lipinski definition) is 0. The summed E-state index contributed by atoms with van der Waals surface area (Å²) < 4.78 is 0. The van der Waals surface area contributed by atoms with E-state index in [9.17, 15) is 0 Å². The van der Waals surface area contributed by atoms with Gasteiger partial charge in [0.1, 0.15) is 0 Å². The van der Waals surface area contributed by atoms with Gasteiger partial charge in [-0.05, 0) is 53.6 Å². The quantitative estimate of drug-likeness (QED) is 0.324. The summed E-state index contributed by atoms with van der Waals surface area (Å²) in [5, 5.41) is 2.17. The first-order chi connectivity index (χ1) is 10.2. The number of hydrogen-bond acceptors (Lipinski definition) is 0. The molecule has 0 bridgehead atoms. The zero-order valence-corrected chi connectivity index (χ0v) is 17.2. The molecular formula is C14H9Cl7Si. The molecule has 2 aromatic carbocycles. The van der Waals surface area contributed by atoms with Gasteiger partial charge in [0.15, 0.2) is 0 Å². The maximum atomic E-state index is 6.31. The molecule has 0 atom stereocenters. The SMILES string of the molecule is Clc1ccc(Cl)c(C(C[Si](Cl)(Cl)Cl)c2cc(Cl)ccc2Cl)c1. The average molecular weight is 453 g/mol. The van der Waals surface area contributed by atoms with Gasteiger partial charge in [0.05, 0.1) is 0 Å². The molecule has 0 saturated carbocycles. The molecule has 0 radical (unpaired) electrons. The molecule has 118 valence electrons. The molecule has 0 aliphatic heterocycles. The number of halogens is 7. The van der Waals surface area contributed by atoms with E-state index in [1.165, 1.54) is 0 Å². The Morgan fingerprint density at radius 3 is 1.50 bits per heavy atom. The Morgan fingerprint density at radius 1 is 0.727 bits per heavy atom. The Balaban J connectivity index is 2.61. The highest BCUT2D eigenvalue weighted by molar-refractivity contribution is 7.64. The molecule has 0 heterocycles. The summed E-state index contributed by atoms with van der Waals surface area (Å²) in [4.78, 5) is 0. The van der Waals surface area contributed by atoms with Crippen molar-refractivity contribution >= 4 is 85.6 Å². The van der Waals surface area contributed by atoms with Crippen LogP contribution in [0.2, 0.25) is 26.1 Å². The van der Waals surface area contributed by atoms with Gasteiger partial charge in [-0.1, -0.05) is 46.4 Å². The van der Waals surface area contributed by atoms with E-state index in [4.69, 9.17) is 79.6 Å². The highest BCUT2D eigenvalue weighted by Gasteiger charge is 2.33. The summed E-state index contributed by atoms with van der Waals surface area (Å²) in [7, 11) is 0. The van der Waals surface area contributed by atoms with Crippen molar-refractivity contribution in [3.8, 4) is 0 Å². The Labute approximate surface area is 164 Å². The van der Waals surface area contributed by atoms with E-state index >= 15 is 0 Å². The fraction of sp³-hybridized carbons (Fsp3) is 0.143. The summed E-state index contributed by atoms with van der Waals surface area (Å²) in [6.07, 6.45) is 0. The summed E-state index contributed by atoms with van der Waals surface area (Å²) in [6.45, 7) is 0. The molecule has 0 aromatic heterocycles. The first-order valence-electron chi connectivity index (χ1n) is 6.14. The fourth-order valence-electron chi connectivity index (χ4n) is 2.18. The van der Waals surface area contributed by atoms with Crippen LogP contribution in [0.25, 0.3) is 0 Å². The maximum absolute atomic E-state index is 6.31. The molecule has 0 N–H and O–H groups in total. The zero-order valence-electron chi connectivity index (χ0n) is 10.9. The zero-order chi connectivity index (χ0) is 16.5. The highest BCUT2D eigenvalue weighted by atomic mass is 35.8. The molecule has 0 spiro atoms. The van der Waals surface area contributed by atoms with Gasteiger partial charge in [-0.25, -0.2) is 0 Å². The van der Waals surface area contributed by atoms with Crippen LogP contribution in [0.1, 0.15) is 17.0 Å². The van der Waals surface area contributed by atoms with Crippen LogP contribution in [0.15, 0.2) is 36.4 Å². The lowest BCUT2D eigenvalue weighted by Crippen LogP contribution is -2.16. The molecule has 0 aliphatic rings. The normalized spacial score (nSPS) is 12.0. The van der Waals surface area contributed by atoms with E-state index in [1.54, 1.807) is 36.4 Å². The average Bonchev–Trinajstić information content (AvgIpc) is 2.41. The molecule has 0 fully saturated rings. The molecular weight excluding hydrogens is 444 g/mol. The minimum absolute atomic E-state index is 0.295. The van der Waals surface area contributed by atoms with Crippen molar-refractivity contribution in [1.82, 2.24) is 0 Å². The van der Waals surface area contributed by atoms with Crippen LogP contribution in [0, 0.1) is 0 Å². The van der Waals surface area contributed by atoms with E-state index in [0.29, 0.717) is 26.1 Å². The van der Waals surface area contributed by atoms with Gasteiger partial charge < -0.3 is 0 Å². The lowest BCUT2D eigenvalue weighted by molar-refractivity contribution is 0.914.